The summed E-state index contributed by atoms with van der Waals surface area (Å²) in [4.78, 5) is 32.1. The third-order valence-electron chi connectivity index (χ3n) is 7.29. The highest BCUT2D eigenvalue weighted by Gasteiger charge is 2.33. The largest absolute Gasteiger partial charge is 0.495 e. The Balaban J connectivity index is 0.000000426. The van der Waals surface area contributed by atoms with Gasteiger partial charge in [0.25, 0.3) is 5.91 Å². The van der Waals surface area contributed by atoms with Crippen LogP contribution in [-0.4, -0.2) is 67.0 Å². The number of alkyl halides is 3. The summed E-state index contributed by atoms with van der Waals surface area (Å²) in [6.07, 6.45) is 5.45. The molecule has 234 valence electrons. The Morgan fingerprint density at radius 3 is 2.17 bits per heavy atom. The number of ether oxygens (including phenoxy) is 1. The van der Waals surface area contributed by atoms with Gasteiger partial charge in [-0.05, 0) is 64.0 Å². The molecule has 1 aliphatic heterocycles. The number of methoxy groups -OCH3 is 1. The molecule has 42 heavy (non-hydrogen) atoms. The average Bonchev–Trinajstić information content (AvgIpc) is 2.95. The molecule has 1 aromatic carbocycles. The Morgan fingerprint density at radius 1 is 1.07 bits per heavy atom. The minimum absolute atomic E-state index is 0.00215. The fraction of sp³-hybridized carbons (Fsp3) is 0.600. The smallest absolute Gasteiger partial charge is 0.419 e. The number of nitrogens with one attached hydrogen (secondary N) is 3. The van der Waals surface area contributed by atoms with Crippen LogP contribution in [0.15, 0.2) is 24.4 Å². The van der Waals surface area contributed by atoms with Crippen molar-refractivity contribution in [3.63, 3.8) is 0 Å². The molecule has 0 spiro atoms. The topological polar surface area (TPSA) is 108 Å². The van der Waals surface area contributed by atoms with Crippen molar-refractivity contribution < 1.29 is 27.5 Å². The number of benzene rings is 1. The van der Waals surface area contributed by atoms with Gasteiger partial charge in [-0.1, -0.05) is 39.0 Å². The molecule has 2 heterocycles. The summed E-state index contributed by atoms with van der Waals surface area (Å²) in [5.74, 6) is 1.20. The van der Waals surface area contributed by atoms with Gasteiger partial charge in [-0.3, -0.25) is 9.59 Å². The van der Waals surface area contributed by atoms with Crippen LogP contribution in [0, 0.1) is 12.8 Å². The zero-order valence-corrected chi connectivity index (χ0v) is 25.5. The van der Waals surface area contributed by atoms with E-state index >= 15 is 0 Å². The van der Waals surface area contributed by atoms with Crippen LogP contribution in [0.1, 0.15) is 80.4 Å². The van der Waals surface area contributed by atoms with Crippen LogP contribution < -0.4 is 20.7 Å². The standard InChI is InChI=1S/C20H24F3N5O2.C7H14.C3H7NO/c1-12-15(20(21,22)23)11-24-19(25-12)27-16-5-4-13(10-17(16)30-3)18(29)26-14-6-8-28(2)9-7-14;1-7-5-3-2-4-6-7;1-3(5)4-2/h4-5,10-11,14H,6-9H2,1-3H3,(H,26,29)(H,24,25,27);7H,2-6H2,1H3;1-2H3,(H,4,5). The summed E-state index contributed by atoms with van der Waals surface area (Å²) in [6, 6.07) is 4.93. The number of likely N-dealkylation sites (tertiary alicyclic amines) is 1. The number of aromatic nitrogens is 2. The minimum atomic E-state index is -4.51. The van der Waals surface area contributed by atoms with Crippen molar-refractivity contribution in [2.75, 3.05) is 39.6 Å². The molecule has 1 saturated heterocycles. The predicted molar refractivity (Wildman–Crippen MR) is 158 cm³/mol. The third kappa shape index (κ3) is 11.8. The second-order valence-corrected chi connectivity index (χ2v) is 10.8. The van der Waals surface area contributed by atoms with Gasteiger partial charge in [0.2, 0.25) is 11.9 Å². The molecule has 0 radical (unpaired) electrons. The SMILES string of the molecule is CC1CCCCC1.CNC(C)=O.COc1cc(C(=O)NC2CCN(C)CC2)ccc1Nc1ncc(C(F)(F)F)c(C)n1. The molecule has 2 fully saturated rings. The summed E-state index contributed by atoms with van der Waals surface area (Å²) < 4.78 is 44.0. The van der Waals surface area contributed by atoms with Crippen molar-refractivity contribution in [2.24, 2.45) is 5.92 Å². The number of nitrogens with zero attached hydrogens (tertiary/aromatic N) is 3. The molecule has 1 saturated carbocycles. The molecule has 4 rings (SSSR count). The van der Waals surface area contributed by atoms with Gasteiger partial charge in [-0.2, -0.15) is 13.2 Å². The van der Waals surface area contributed by atoms with E-state index in [1.165, 1.54) is 53.1 Å². The summed E-state index contributed by atoms with van der Waals surface area (Å²) >= 11 is 0. The summed E-state index contributed by atoms with van der Waals surface area (Å²) in [5, 5.41) is 8.26. The number of amides is 2. The second-order valence-electron chi connectivity index (χ2n) is 10.8. The highest BCUT2D eigenvalue weighted by atomic mass is 19.4. The highest BCUT2D eigenvalue weighted by molar-refractivity contribution is 5.95. The Kier molecular flexibility index (Phi) is 14.0. The molecule has 1 aliphatic carbocycles. The van der Waals surface area contributed by atoms with E-state index in [0.29, 0.717) is 17.0 Å². The zero-order valence-electron chi connectivity index (χ0n) is 25.5. The molecule has 2 amide bonds. The van der Waals surface area contributed by atoms with Crippen molar-refractivity contribution in [3.05, 3.63) is 41.2 Å². The molecular weight excluding hydrogens is 549 g/mol. The Morgan fingerprint density at radius 2 is 1.69 bits per heavy atom. The quantitative estimate of drug-likeness (QED) is 0.406. The van der Waals surface area contributed by atoms with E-state index in [-0.39, 0.29) is 29.5 Å². The predicted octanol–water partition coefficient (Wildman–Crippen LogP) is 5.72. The lowest BCUT2D eigenvalue weighted by atomic mass is 9.91. The molecule has 2 aromatic rings. The van der Waals surface area contributed by atoms with E-state index in [4.69, 9.17) is 4.74 Å². The normalized spacial score (nSPS) is 16.2. The van der Waals surface area contributed by atoms with Gasteiger partial charge in [0.15, 0.2) is 0 Å². The maximum atomic E-state index is 12.9. The molecular formula is C30H45F3N6O3. The lowest BCUT2D eigenvalue weighted by molar-refractivity contribution is -0.138. The maximum absolute atomic E-state index is 12.9. The monoisotopic (exact) mass is 594 g/mol. The molecule has 12 heteroatoms. The highest BCUT2D eigenvalue weighted by Crippen LogP contribution is 2.32. The maximum Gasteiger partial charge on any atom is 0.419 e. The van der Waals surface area contributed by atoms with E-state index in [2.05, 4.69) is 44.8 Å². The Bertz CT molecular complexity index is 1150. The summed E-state index contributed by atoms with van der Waals surface area (Å²) in [5.41, 5.74) is -0.206. The van der Waals surface area contributed by atoms with Gasteiger partial charge in [0.1, 0.15) is 5.75 Å². The fourth-order valence-electron chi connectivity index (χ4n) is 4.59. The first-order chi connectivity index (χ1) is 19.8. The van der Waals surface area contributed by atoms with Crippen molar-refractivity contribution in [1.29, 1.82) is 0 Å². The van der Waals surface area contributed by atoms with Crippen LogP contribution in [0.3, 0.4) is 0 Å². The van der Waals surface area contributed by atoms with E-state index in [0.717, 1.165) is 38.0 Å². The van der Waals surface area contributed by atoms with Crippen LogP contribution in [-0.2, 0) is 11.0 Å². The zero-order chi connectivity index (χ0) is 31.3. The van der Waals surface area contributed by atoms with Gasteiger partial charge in [-0.15, -0.1) is 0 Å². The van der Waals surface area contributed by atoms with Crippen LogP contribution in [0.4, 0.5) is 24.8 Å². The van der Waals surface area contributed by atoms with Crippen molar-refractivity contribution in [1.82, 2.24) is 25.5 Å². The molecule has 3 N–H and O–H groups in total. The minimum Gasteiger partial charge on any atom is -0.495 e. The van der Waals surface area contributed by atoms with Crippen molar-refractivity contribution >= 4 is 23.5 Å². The van der Waals surface area contributed by atoms with E-state index in [1.807, 2.05) is 0 Å². The van der Waals surface area contributed by atoms with Crippen LogP contribution in [0.5, 0.6) is 5.75 Å². The van der Waals surface area contributed by atoms with E-state index in [1.54, 1.807) is 25.2 Å². The van der Waals surface area contributed by atoms with Gasteiger partial charge in [-0.25, -0.2) is 9.97 Å². The summed E-state index contributed by atoms with van der Waals surface area (Å²) in [6.45, 7) is 6.97. The first-order valence-electron chi connectivity index (χ1n) is 14.4. The number of hydrogen-bond donors (Lipinski definition) is 3. The first kappa shape index (κ1) is 34.8. The molecule has 0 atom stereocenters. The average molecular weight is 595 g/mol. The summed E-state index contributed by atoms with van der Waals surface area (Å²) in [7, 11) is 5.09. The van der Waals surface area contributed by atoms with Crippen molar-refractivity contribution in [3.8, 4) is 5.75 Å². The number of anilines is 2. The van der Waals surface area contributed by atoms with E-state index in [9.17, 15) is 22.8 Å². The lowest BCUT2D eigenvalue weighted by Crippen LogP contribution is -2.43. The van der Waals surface area contributed by atoms with Crippen LogP contribution in [0.25, 0.3) is 0 Å². The Hall–Kier alpha value is -3.41. The van der Waals surface area contributed by atoms with Crippen LogP contribution in [0.2, 0.25) is 0 Å². The van der Waals surface area contributed by atoms with Gasteiger partial charge in [0, 0.05) is 31.8 Å². The van der Waals surface area contributed by atoms with Crippen molar-refractivity contribution in [2.45, 2.75) is 77.9 Å². The second kappa shape index (κ2) is 16.9. The molecule has 0 unspecified atom stereocenters. The van der Waals surface area contributed by atoms with Gasteiger partial charge >= 0.3 is 6.18 Å². The Labute approximate surface area is 247 Å². The number of hydrogen-bond acceptors (Lipinski definition) is 7. The molecule has 1 aromatic heterocycles. The third-order valence-corrected chi connectivity index (χ3v) is 7.29. The first-order valence-corrected chi connectivity index (χ1v) is 14.4. The number of aryl methyl sites for hydroxylation is 1. The number of carbonyl (C=O) groups excluding carboxylic acids is 2. The van der Waals surface area contributed by atoms with Gasteiger partial charge < -0.3 is 25.6 Å². The lowest BCUT2D eigenvalue weighted by Gasteiger charge is -2.29. The van der Waals surface area contributed by atoms with Crippen LogP contribution >= 0.6 is 0 Å². The molecule has 2 aliphatic rings. The number of halogens is 3. The van der Waals surface area contributed by atoms with E-state index < -0.39 is 11.7 Å². The molecule has 0 bridgehead atoms. The molecule has 9 nitrogen and oxygen atoms in total. The number of rotatable bonds is 5. The fourth-order valence-corrected chi connectivity index (χ4v) is 4.59. The number of piperidine rings is 1. The van der Waals surface area contributed by atoms with Gasteiger partial charge in [0.05, 0.1) is 24.1 Å². The number of carbonyl (C=O) groups is 2.